The quantitative estimate of drug-likeness (QED) is 0.826. The Morgan fingerprint density at radius 1 is 1.42 bits per heavy atom. The Kier molecular flexibility index (Phi) is 4.55. The van der Waals surface area contributed by atoms with Crippen LogP contribution in [0.1, 0.15) is 23.7 Å². The molecular formula is C13H23N5O. The van der Waals surface area contributed by atoms with Crippen molar-refractivity contribution < 1.29 is 4.79 Å². The highest BCUT2D eigenvalue weighted by molar-refractivity contribution is 5.93. The van der Waals surface area contributed by atoms with Gasteiger partial charge in [0, 0.05) is 52.0 Å². The fraction of sp³-hybridized carbons (Fsp3) is 0.692. The van der Waals surface area contributed by atoms with Gasteiger partial charge >= 0.3 is 0 Å². The minimum Gasteiger partial charge on any atom is -0.336 e. The zero-order chi connectivity index (χ0) is 13.8. The van der Waals surface area contributed by atoms with Crippen molar-refractivity contribution in [1.29, 1.82) is 0 Å². The predicted molar refractivity (Wildman–Crippen MR) is 73.8 cm³/mol. The molecule has 1 fully saturated rings. The molecule has 0 bridgehead atoms. The van der Waals surface area contributed by atoms with E-state index in [0.717, 1.165) is 32.6 Å². The molecule has 1 atom stereocenters. The molecule has 1 aromatic rings. The first-order valence-corrected chi connectivity index (χ1v) is 6.87. The lowest BCUT2D eigenvalue weighted by molar-refractivity contribution is 0.0571. The van der Waals surface area contributed by atoms with Crippen LogP contribution in [0, 0.1) is 0 Å². The Hall–Kier alpha value is -1.40. The van der Waals surface area contributed by atoms with Crippen LogP contribution in [0.15, 0.2) is 12.4 Å². The molecule has 106 valence electrons. The van der Waals surface area contributed by atoms with Gasteiger partial charge in [0.2, 0.25) is 0 Å². The van der Waals surface area contributed by atoms with Gasteiger partial charge in [-0.15, -0.1) is 0 Å². The number of aromatic nitrogens is 2. The number of aryl methyl sites for hydroxylation is 1. The van der Waals surface area contributed by atoms with E-state index >= 15 is 0 Å². The maximum atomic E-state index is 12.3. The van der Waals surface area contributed by atoms with Gasteiger partial charge in [-0.2, -0.15) is 5.10 Å². The number of rotatable bonds is 4. The van der Waals surface area contributed by atoms with Crippen LogP contribution in [0.4, 0.5) is 0 Å². The van der Waals surface area contributed by atoms with E-state index in [-0.39, 0.29) is 5.91 Å². The molecule has 6 nitrogen and oxygen atoms in total. The van der Waals surface area contributed by atoms with Crippen molar-refractivity contribution >= 4 is 5.91 Å². The first kappa shape index (κ1) is 14.0. The number of carbonyl (C=O) groups is 1. The lowest BCUT2D eigenvalue weighted by Gasteiger charge is -2.38. The van der Waals surface area contributed by atoms with E-state index in [1.54, 1.807) is 17.1 Å². The van der Waals surface area contributed by atoms with Gasteiger partial charge < -0.3 is 10.6 Å². The second-order valence-electron chi connectivity index (χ2n) is 5.03. The number of nitrogens with two attached hydrogens (primary N) is 1. The molecule has 2 N–H and O–H groups in total. The average molecular weight is 265 g/mol. The van der Waals surface area contributed by atoms with Gasteiger partial charge in [-0.1, -0.05) is 6.92 Å². The zero-order valence-electron chi connectivity index (χ0n) is 11.7. The van der Waals surface area contributed by atoms with E-state index in [1.165, 1.54) is 0 Å². The Morgan fingerprint density at radius 2 is 2.11 bits per heavy atom. The summed E-state index contributed by atoms with van der Waals surface area (Å²) in [6.45, 7) is 6.19. The van der Waals surface area contributed by atoms with E-state index in [0.29, 0.717) is 18.2 Å². The van der Waals surface area contributed by atoms with Crippen LogP contribution >= 0.6 is 0 Å². The van der Waals surface area contributed by atoms with Crippen molar-refractivity contribution in [2.24, 2.45) is 12.8 Å². The maximum Gasteiger partial charge on any atom is 0.257 e. The third-order valence-corrected chi connectivity index (χ3v) is 3.81. The van der Waals surface area contributed by atoms with Crippen LogP contribution in [0.5, 0.6) is 0 Å². The molecule has 0 radical (unpaired) electrons. The first-order valence-electron chi connectivity index (χ1n) is 6.87. The van der Waals surface area contributed by atoms with Gasteiger partial charge in [-0.25, -0.2) is 0 Å². The number of carbonyl (C=O) groups excluding carboxylic acids is 1. The van der Waals surface area contributed by atoms with Crippen molar-refractivity contribution in [3.63, 3.8) is 0 Å². The van der Waals surface area contributed by atoms with Crippen LogP contribution in [0.25, 0.3) is 0 Å². The molecule has 0 saturated carbocycles. The highest BCUT2D eigenvalue weighted by Gasteiger charge is 2.25. The van der Waals surface area contributed by atoms with Gasteiger partial charge in [-0.05, 0) is 6.42 Å². The molecule has 6 heteroatoms. The Labute approximate surface area is 114 Å². The molecule has 1 aromatic heterocycles. The lowest BCUT2D eigenvalue weighted by Crippen LogP contribution is -2.53. The van der Waals surface area contributed by atoms with Crippen LogP contribution in [0.2, 0.25) is 0 Å². The smallest absolute Gasteiger partial charge is 0.257 e. The second kappa shape index (κ2) is 6.16. The van der Waals surface area contributed by atoms with Crippen LogP contribution in [-0.2, 0) is 7.05 Å². The number of amides is 1. The van der Waals surface area contributed by atoms with Gasteiger partial charge in [0.15, 0.2) is 0 Å². The van der Waals surface area contributed by atoms with Crippen LogP contribution < -0.4 is 5.73 Å². The van der Waals surface area contributed by atoms with Crippen molar-refractivity contribution in [2.45, 2.75) is 19.4 Å². The average Bonchev–Trinajstić information content (AvgIpc) is 2.87. The van der Waals surface area contributed by atoms with Crippen LogP contribution in [-0.4, -0.2) is 64.3 Å². The third-order valence-electron chi connectivity index (χ3n) is 3.81. The van der Waals surface area contributed by atoms with Crippen molar-refractivity contribution in [3.8, 4) is 0 Å². The minimum absolute atomic E-state index is 0.0774. The molecule has 0 aromatic carbocycles. The molecule has 1 aliphatic rings. The summed E-state index contributed by atoms with van der Waals surface area (Å²) in [5.74, 6) is 0.0774. The van der Waals surface area contributed by atoms with Crippen molar-refractivity contribution in [3.05, 3.63) is 18.0 Å². The summed E-state index contributed by atoms with van der Waals surface area (Å²) in [5, 5.41) is 4.04. The lowest BCUT2D eigenvalue weighted by atomic mass is 10.1. The molecule has 1 saturated heterocycles. The predicted octanol–water partition coefficient (Wildman–Crippen LogP) is -0.0848. The molecule has 1 aliphatic heterocycles. The van der Waals surface area contributed by atoms with Gasteiger partial charge in [0.05, 0.1) is 11.8 Å². The Bertz CT molecular complexity index is 418. The van der Waals surface area contributed by atoms with Gasteiger partial charge in [0.25, 0.3) is 5.91 Å². The first-order chi connectivity index (χ1) is 9.15. The van der Waals surface area contributed by atoms with E-state index in [1.807, 2.05) is 11.9 Å². The molecule has 0 spiro atoms. The standard InChI is InChI=1S/C13H23N5O/c1-3-12(8-14)17-4-6-18(7-5-17)13(19)11-9-15-16(2)10-11/h9-10,12H,3-8,14H2,1-2H3. The summed E-state index contributed by atoms with van der Waals surface area (Å²) < 4.78 is 1.66. The largest absolute Gasteiger partial charge is 0.336 e. The molecule has 1 amide bonds. The number of hydrogen-bond acceptors (Lipinski definition) is 4. The molecular weight excluding hydrogens is 242 g/mol. The van der Waals surface area contributed by atoms with Crippen molar-refractivity contribution in [1.82, 2.24) is 19.6 Å². The minimum atomic E-state index is 0.0774. The molecule has 2 heterocycles. The number of hydrogen-bond donors (Lipinski definition) is 1. The maximum absolute atomic E-state index is 12.3. The SMILES string of the molecule is CCC(CN)N1CCN(C(=O)c2cnn(C)c2)CC1. The third kappa shape index (κ3) is 3.13. The molecule has 2 rings (SSSR count). The molecule has 19 heavy (non-hydrogen) atoms. The topological polar surface area (TPSA) is 67.4 Å². The number of piperazine rings is 1. The summed E-state index contributed by atoms with van der Waals surface area (Å²) in [6, 6.07) is 0.440. The highest BCUT2D eigenvalue weighted by Crippen LogP contribution is 2.11. The van der Waals surface area contributed by atoms with Gasteiger partial charge in [0.1, 0.15) is 0 Å². The van der Waals surface area contributed by atoms with E-state index in [4.69, 9.17) is 5.73 Å². The fourth-order valence-electron chi connectivity index (χ4n) is 2.58. The molecule has 0 aliphatic carbocycles. The summed E-state index contributed by atoms with van der Waals surface area (Å²) in [6.07, 6.45) is 4.46. The number of nitrogens with zero attached hydrogens (tertiary/aromatic N) is 4. The van der Waals surface area contributed by atoms with E-state index < -0.39 is 0 Å². The Balaban J connectivity index is 1.91. The van der Waals surface area contributed by atoms with E-state index in [9.17, 15) is 4.79 Å². The van der Waals surface area contributed by atoms with Crippen LogP contribution in [0.3, 0.4) is 0 Å². The van der Waals surface area contributed by atoms with Crippen molar-refractivity contribution in [2.75, 3.05) is 32.7 Å². The zero-order valence-corrected chi connectivity index (χ0v) is 11.7. The van der Waals surface area contributed by atoms with E-state index in [2.05, 4.69) is 16.9 Å². The monoisotopic (exact) mass is 265 g/mol. The highest BCUT2D eigenvalue weighted by atomic mass is 16.2. The second-order valence-corrected chi connectivity index (χ2v) is 5.03. The molecule has 1 unspecified atom stereocenters. The summed E-state index contributed by atoms with van der Waals surface area (Å²) in [7, 11) is 1.82. The summed E-state index contributed by atoms with van der Waals surface area (Å²) in [4.78, 5) is 16.5. The summed E-state index contributed by atoms with van der Waals surface area (Å²) in [5.41, 5.74) is 6.44. The van der Waals surface area contributed by atoms with Gasteiger partial charge in [-0.3, -0.25) is 14.4 Å². The normalized spacial score (nSPS) is 18.6. The summed E-state index contributed by atoms with van der Waals surface area (Å²) >= 11 is 0. The Morgan fingerprint density at radius 3 is 2.58 bits per heavy atom. The fourth-order valence-corrected chi connectivity index (χ4v) is 2.58.